The van der Waals surface area contributed by atoms with Crippen LogP contribution in [0.4, 0.5) is 0 Å². The number of carbonyl (C=O) groups excluding carboxylic acids is 1. The molecule has 26 heavy (non-hydrogen) atoms. The van der Waals surface area contributed by atoms with E-state index in [4.69, 9.17) is 0 Å². The first kappa shape index (κ1) is 15.1. The van der Waals surface area contributed by atoms with Gasteiger partial charge in [-0.1, -0.05) is 18.7 Å². The number of fused-ring (bicyclic) bond motifs is 2. The molecule has 3 heterocycles. The topological polar surface area (TPSA) is 82.1 Å². The lowest BCUT2D eigenvalue weighted by Crippen LogP contribution is -2.32. The Balaban J connectivity index is 1.54. The Kier molecular flexibility index (Phi) is 3.16. The zero-order valence-corrected chi connectivity index (χ0v) is 14.1. The summed E-state index contributed by atoms with van der Waals surface area (Å²) in [6.07, 6.45) is 3.46. The van der Waals surface area contributed by atoms with E-state index in [0.717, 1.165) is 23.9 Å². The highest BCUT2D eigenvalue weighted by Crippen LogP contribution is 2.53. The molecule has 1 saturated carbocycles. The second kappa shape index (κ2) is 5.42. The van der Waals surface area contributed by atoms with Crippen molar-refractivity contribution in [3.05, 3.63) is 54.7 Å². The third kappa shape index (κ3) is 2.22. The van der Waals surface area contributed by atoms with Gasteiger partial charge < -0.3 is 15.0 Å². The van der Waals surface area contributed by atoms with Gasteiger partial charge in [0.2, 0.25) is 5.91 Å². The monoisotopic (exact) mass is 346 g/mol. The van der Waals surface area contributed by atoms with E-state index in [1.54, 1.807) is 12.1 Å². The summed E-state index contributed by atoms with van der Waals surface area (Å²) < 4.78 is 0. The van der Waals surface area contributed by atoms with Gasteiger partial charge in [-0.3, -0.25) is 4.79 Å². The normalized spacial score (nSPS) is 23.8. The van der Waals surface area contributed by atoms with Gasteiger partial charge in [0, 0.05) is 22.7 Å². The number of likely N-dealkylation sites (tertiary alicyclic amines) is 1. The SMILES string of the molecule is C=CC(=O)N1C(c2cc3cc(-c4ccccc4O)nnc3[nH]2)C[C@@H]2C[C@@H]21. The molecule has 6 nitrogen and oxygen atoms in total. The van der Waals surface area contributed by atoms with Crippen LogP contribution in [0.5, 0.6) is 5.75 Å². The van der Waals surface area contributed by atoms with Crippen molar-refractivity contribution in [2.24, 2.45) is 5.92 Å². The minimum absolute atomic E-state index is 0.0142. The van der Waals surface area contributed by atoms with E-state index < -0.39 is 0 Å². The first-order valence-electron chi connectivity index (χ1n) is 8.75. The zero-order valence-electron chi connectivity index (χ0n) is 14.1. The molecule has 0 bridgehead atoms. The second-order valence-corrected chi connectivity index (χ2v) is 7.04. The Morgan fingerprint density at radius 2 is 2.12 bits per heavy atom. The van der Waals surface area contributed by atoms with Crippen molar-refractivity contribution in [1.29, 1.82) is 0 Å². The molecule has 0 spiro atoms. The van der Waals surface area contributed by atoms with E-state index >= 15 is 0 Å². The number of H-pyrrole nitrogens is 1. The standard InChI is InChI=1S/C20H18N4O2/c1-2-19(26)24-16-9-11(16)10-17(24)15-8-12-7-14(22-23-20(12)21-15)13-5-3-4-6-18(13)25/h2-8,11,16-17,25H,1,9-10H2,(H,21,23)/t11-,16-,17?/m0/s1. The summed E-state index contributed by atoms with van der Waals surface area (Å²) in [6, 6.07) is 11.4. The molecule has 3 atom stereocenters. The number of amides is 1. The molecule has 6 heteroatoms. The molecule has 2 aliphatic rings. The molecule has 2 fully saturated rings. The maximum absolute atomic E-state index is 12.3. The van der Waals surface area contributed by atoms with E-state index in [1.807, 2.05) is 29.2 Å². The second-order valence-electron chi connectivity index (χ2n) is 7.04. The van der Waals surface area contributed by atoms with E-state index in [9.17, 15) is 9.90 Å². The number of aromatic nitrogens is 3. The molecule has 130 valence electrons. The summed E-state index contributed by atoms with van der Waals surface area (Å²) >= 11 is 0. The first-order chi connectivity index (χ1) is 12.7. The Hall–Kier alpha value is -3.15. The van der Waals surface area contributed by atoms with Crippen LogP contribution in [0.1, 0.15) is 24.6 Å². The Morgan fingerprint density at radius 1 is 1.27 bits per heavy atom. The molecular formula is C20H18N4O2. The third-order valence-electron chi connectivity index (χ3n) is 5.47. The highest BCUT2D eigenvalue weighted by atomic mass is 16.3. The van der Waals surface area contributed by atoms with Crippen LogP contribution in [-0.2, 0) is 4.79 Å². The first-order valence-corrected chi connectivity index (χ1v) is 8.75. The minimum Gasteiger partial charge on any atom is -0.507 e. The molecule has 1 amide bonds. The fraction of sp³-hybridized carbons (Fsp3) is 0.250. The predicted molar refractivity (Wildman–Crippen MR) is 97.3 cm³/mol. The van der Waals surface area contributed by atoms with Crippen molar-refractivity contribution in [3.8, 4) is 17.0 Å². The predicted octanol–water partition coefficient (Wildman–Crippen LogP) is 3.18. The molecular weight excluding hydrogens is 328 g/mol. The molecule has 0 radical (unpaired) electrons. The van der Waals surface area contributed by atoms with Crippen molar-refractivity contribution in [2.75, 3.05) is 0 Å². The highest BCUT2D eigenvalue weighted by molar-refractivity contribution is 5.88. The number of hydrogen-bond donors (Lipinski definition) is 2. The van der Waals surface area contributed by atoms with Crippen molar-refractivity contribution in [3.63, 3.8) is 0 Å². The van der Waals surface area contributed by atoms with Crippen LogP contribution in [-0.4, -0.2) is 37.1 Å². The van der Waals surface area contributed by atoms with Crippen LogP contribution in [0.25, 0.3) is 22.3 Å². The van der Waals surface area contributed by atoms with Gasteiger partial charge in [-0.15, -0.1) is 10.2 Å². The molecule has 2 N–H and O–H groups in total. The number of para-hydroxylation sites is 1. The number of nitrogens with one attached hydrogen (secondary N) is 1. The summed E-state index contributed by atoms with van der Waals surface area (Å²) in [4.78, 5) is 17.5. The lowest BCUT2D eigenvalue weighted by molar-refractivity contribution is -0.128. The number of carbonyl (C=O) groups is 1. The van der Waals surface area contributed by atoms with Crippen LogP contribution in [0, 0.1) is 5.92 Å². The number of rotatable bonds is 3. The molecule has 3 aromatic rings. The summed E-state index contributed by atoms with van der Waals surface area (Å²) in [6.45, 7) is 3.64. The summed E-state index contributed by atoms with van der Waals surface area (Å²) in [7, 11) is 0. The van der Waals surface area contributed by atoms with Gasteiger partial charge >= 0.3 is 0 Å². The van der Waals surface area contributed by atoms with Crippen molar-refractivity contribution >= 4 is 16.9 Å². The van der Waals surface area contributed by atoms with Gasteiger partial charge in [-0.05, 0) is 49.1 Å². The van der Waals surface area contributed by atoms with E-state index in [-0.39, 0.29) is 17.7 Å². The maximum atomic E-state index is 12.3. The van der Waals surface area contributed by atoms with Gasteiger partial charge in [0.25, 0.3) is 0 Å². The van der Waals surface area contributed by atoms with Crippen LogP contribution in [0.15, 0.2) is 49.1 Å². The Bertz CT molecular complexity index is 1040. The molecule has 1 aliphatic heterocycles. The largest absolute Gasteiger partial charge is 0.507 e. The molecule has 1 saturated heterocycles. The molecule has 1 aromatic carbocycles. The highest BCUT2D eigenvalue weighted by Gasteiger charge is 2.54. The zero-order chi connectivity index (χ0) is 17.8. The molecule has 2 aromatic heterocycles. The lowest BCUT2D eigenvalue weighted by Gasteiger charge is -2.25. The number of phenolic OH excluding ortho intramolecular Hbond substituents is 1. The third-order valence-corrected chi connectivity index (χ3v) is 5.47. The fourth-order valence-electron chi connectivity index (χ4n) is 4.11. The quantitative estimate of drug-likeness (QED) is 0.714. The van der Waals surface area contributed by atoms with Crippen molar-refractivity contribution in [2.45, 2.75) is 24.9 Å². The number of nitrogens with zero attached hydrogens (tertiary/aromatic N) is 3. The molecule has 1 aliphatic carbocycles. The Morgan fingerprint density at radius 3 is 2.92 bits per heavy atom. The molecule has 1 unspecified atom stereocenters. The average molecular weight is 346 g/mol. The van der Waals surface area contributed by atoms with Gasteiger partial charge in [0.05, 0.1) is 11.7 Å². The van der Waals surface area contributed by atoms with Gasteiger partial charge in [-0.2, -0.15) is 0 Å². The smallest absolute Gasteiger partial charge is 0.246 e. The minimum atomic E-state index is -0.0142. The van der Waals surface area contributed by atoms with Crippen LogP contribution in [0.2, 0.25) is 0 Å². The summed E-state index contributed by atoms with van der Waals surface area (Å²) in [5.74, 6) is 0.758. The van der Waals surface area contributed by atoms with E-state index in [0.29, 0.717) is 28.9 Å². The number of piperidine rings is 1. The van der Waals surface area contributed by atoms with Crippen LogP contribution < -0.4 is 0 Å². The summed E-state index contributed by atoms with van der Waals surface area (Å²) in [5, 5.41) is 19.5. The number of aromatic amines is 1. The lowest BCUT2D eigenvalue weighted by atomic mass is 10.1. The molecule has 5 rings (SSSR count). The Labute approximate surface area is 150 Å². The number of phenols is 1. The van der Waals surface area contributed by atoms with E-state index in [2.05, 4.69) is 21.8 Å². The number of hydrogen-bond acceptors (Lipinski definition) is 4. The average Bonchev–Trinajstić information content (AvgIpc) is 3.13. The van der Waals surface area contributed by atoms with Crippen LogP contribution >= 0.6 is 0 Å². The fourth-order valence-corrected chi connectivity index (χ4v) is 4.11. The van der Waals surface area contributed by atoms with Crippen molar-refractivity contribution < 1.29 is 9.90 Å². The van der Waals surface area contributed by atoms with Gasteiger partial charge in [-0.25, -0.2) is 0 Å². The van der Waals surface area contributed by atoms with Gasteiger partial charge in [0.1, 0.15) is 5.75 Å². The van der Waals surface area contributed by atoms with Gasteiger partial charge in [0.15, 0.2) is 5.65 Å². The van der Waals surface area contributed by atoms with Crippen molar-refractivity contribution in [1.82, 2.24) is 20.1 Å². The van der Waals surface area contributed by atoms with E-state index in [1.165, 1.54) is 6.08 Å². The maximum Gasteiger partial charge on any atom is 0.246 e. The van der Waals surface area contributed by atoms with Crippen LogP contribution in [0.3, 0.4) is 0 Å². The number of benzene rings is 1. The summed E-state index contributed by atoms with van der Waals surface area (Å²) in [5.41, 5.74) is 2.93. The number of aromatic hydroxyl groups is 1.